The van der Waals surface area contributed by atoms with E-state index in [1.807, 2.05) is 0 Å². The molecule has 0 aliphatic rings. The molecule has 0 aliphatic heterocycles. The average molecular weight is 187 g/mol. The van der Waals surface area contributed by atoms with Crippen molar-refractivity contribution in [2.24, 2.45) is 0 Å². The summed E-state index contributed by atoms with van der Waals surface area (Å²) in [5.74, 6) is 0.276. The van der Waals surface area contributed by atoms with Gasteiger partial charge in [0, 0.05) is 5.33 Å². The zero-order chi connectivity index (χ0) is 5.91. The van der Waals surface area contributed by atoms with Gasteiger partial charge in [0.2, 0.25) is 0 Å². The summed E-state index contributed by atoms with van der Waals surface area (Å²) in [6, 6.07) is 0. The van der Waals surface area contributed by atoms with Gasteiger partial charge in [-0.3, -0.25) is 0 Å². The van der Waals surface area contributed by atoms with E-state index < -0.39 is 5.60 Å². The summed E-state index contributed by atoms with van der Waals surface area (Å²) in [5.41, 5.74) is -0.735. The van der Waals surface area contributed by atoms with Crippen molar-refractivity contribution in [1.82, 2.24) is 0 Å². The number of halogens is 2. The maximum atomic E-state index is 8.95. The van der Waals surface area contributed by atoms with Gasteiger partial charge in [0.25, 0.3) is 0 Å². The lowest BCUT2D eigenvalue weighted by atomic mass is 10.2. The van der Waals surface area contributed by atoms with Gasteiger partial charge < -0.3 is 5.11 Å². The molecule has 0 radical (unpaired) electrons. The third-order valence-electron chi connectivity index (χ3n) is 0.576. The van der Waals surface area contributed by atoms with Crippen molar-refractivity contribution in [1.29, 1.82) is 0 Å². The van der Waals surface area contributed by atoms with Crippen molar-refractivity contribution in [3.05, 3.63) is 0 Å². The molecule has 0 rings (SSSR count). The van der Waals surface area contributed by atoms with Crippen LogP contribution < -0.4 is 0 Å². The number of alkyl halides is 2. The van der Waals surface area contributed by atoms with Gasteiger partial charge in [0.05, 0.1) is 11.5 Å². The van der Waals surface area contributed by atoms with Crippen molar-refractivity contribution in [2.75, 3.05) is 11.2 Å². The normalized spacial score (nSPS) is 18.9. The Morgan fingerprint density at radius 3 is 2.29 bits per heavy atom. The largest absolute Gasteiger partial charge is 0.388 e. The first-order valence-electron chi connectivity index (χ1n) is 1.97. The van der Waals surface area contributed by atoms with Gasteiger partial charge >= 0.3 is 0 Å². The molecule has 0 heterocycles. The second-order valence-corrected chi connectivity index (χ2v) is 2.59. The Morgan fingerprint density at radius 1 is 1.86 bits per heavy atom. The molecule has 0 saturated carbocycles. The number of aliphatic hydroxyl groups is 1. The maximum Gasteiger partial charge on any atom is 0.0850 e. The maximum absolute atomic E-state index is 8.95. The predicted molar refractivity (Wildman–Crippen MR) is 35.1 cm³/mol. The molecule has 0 saturated heterocycles. The first-order chi connectivity index (χ1) is 3.12. The second kappa shape index (κ2) is 2.90. The Labute approximate surface area is 56.8 Å². The summed E-state index contributed by atoms with van der Waals surface area (Å²) in [6.45, 7) is 1.68. The van der Waals surface area contributed by atoms with Crippen LogP contribution in [0.2, 0.25) is 0 Å². The molecule has 0 aromatic rings. The third kappa shape index (κ3) is 3.32. The molecule has 7 heavy (non-hydrogen) atoms. The highest BCUT2D eigenvalue weighted by Crippen LogP contribution is 2.07. The lowest BCUT2D eigenvalue weighted by molar-refractivity contribution is 0.112. The van der Waals surface area contributed by atoms with Crippen LogP contribution in [0.4, 0.5) is 0 Å². The van der Waals surface area contributed by atoms with Crippen LogP contribution in [-0.2, 0) is 0 Å². The molecule has 0 aliphatic carbocycles. The van der Waals surface area contributed by atoms with Gasteiger partial charge in [-0.25, -0.2) is 0 Å². The van der Waals surface area contributed by atoms with Crippen LogP contribution >= 0.6 is 27.5 Å². The van der Waals surface area contributed by atoms with E-state index >= 15 is 0 Å². The van der Waals surface area contributed by atoms with E-state index in [9.17, 15) is 0 Å². The standard InChI is InChI=1S/C4H8BrClO/c1-4(7,2-5)3-6/h7H,2-3H2,1H3. The van der Waals surface area contributed by atoms with E-state index in [2.05, 4.69) is 15.9 Å². The van der Waals surface area contributed by atoms with Crippen molar-refractivity contribution in [2.45, 2.75) is 12.5 Å². The predicted octanol–water partition coefficient (Wildman–Crippen LogP) is 1.37. The van der Waals surface area contributed by atoms with Crippen molar-refractivity contribution in [3.63, 3.8) is 0 Å². The fourth-order valence-corrected chi connectivity index (χ4v) is 0.557. The van der Waals surface area contributed by atoms with Crippen molar-refractivity contribution < 1.29 is 5.11 Å². The van der Waals surface area contributed by atoms with Crippen LogP contribution in [0.5, 0.6) is 0 Å². The van der Waals surface area contributed by atoms with Crippen LogP contribution in [0.3, 0.4) is 0 Å². The summed E-state index contributed by atoms with van der Waals surface area (Å²) in [7, 11) is 0. The minimum absolute atomic E-state index is 0.276. The molecular formula is C4H8BrClO. The molecule has 0 amide bonds. The van der Waals surface area contributed by atoms with Crippen LogP contribution in [0.25, 0.3) is 0 Å². The van der Waals surface area contributed by atoms with Gasteiger partial charge in [-0.2, -0.15) is 0 Å². The molecule has 0 bridgehead atoms. The van der Waals surface area contributed by atoms with Gasteiger partial charge in [0.15, 0.2) is 0 Å². The van der Waals surface area contributed by atoms with Gasteiger partial charge in [-0.15, -0.1) is 11.6 Å². The van der Waals surface area contributed by atoms with E-state index in [1.54, 1.807) is 6.92 Å². The average Bonchev–Trinajstić information content (AvgIpc) is 1.68. The van der Waals surface area contributed by atoms with Gasteiger partial charge in [-0.1, -0.05) is 15.9 Å². The Hall–Kier alpha value is 0.730. The fraction of sp³-hybridized carbons (Fsp3) is 1.00. The van der Waals surface area contributed by atoms with Gasteiger partial charge in [-0.05, 0) is 6.92 Å². The Bertz CT molecular complexity index is 49.7. The fourth-order valence-electron chi connectivity index (χ4n) is 0.0357. The second-order valence-electron chi connectivity index (χ2n) is 1.76. The molecule has 1 atom stereocenters. The van der Waals surface area contributed by atoms with E-state index in [4.69, 9.17) is 16.7 Å². The van der Waals surface area contributed by atoms with Crippen LogP contribution in [-0.4, -0.2) is 21.9 Å². The molecule has 0 fully saturated rings. The molecule has 0 spiro atoms. The lowest BCUT2D eigenvalue weighted by Gasteiger charge is -2.14. The van der Waals surface area contributed by atoms with Crippen LogP contribution in [0.1, 0.15) is 6.92 Å². The minimum atomic E-state index is -0.735. The smallest absolute Gasteiger partial charge is 0.0850 e. The molecule has 3 heteroatoms. The first-order valence-corrected chi connectivity index (χ1v) is 3.62. The summed E-state index contributed by atoms with van der Waals surface area (Å²) in [5, 5.41) is 9.48. The summed E-state index contributed by atoms with van der Waals surface area (Å²) in [4.78, 5) is 0. The first kappa shape index (κ1) is 7.73. The number of hydrogen-bond donors (Lipinski definition) is 1. The third-order valence-corrected chi connectivity index (χ3v) is 2.36. The molecule has 44 valence electrons. The number of hydrogen-bond acceptors (Lipinski definition) is 1. The Kier molecular flexibility index (Phi) is 3.20. The monoisotopic (exact) mass is 186 g/mol. The van der Waals surface area contributed by atoms with E-state index in [0.29, 0.717) is 5.33 Å². The Balaban J connectivity index is 3.36. The summed E-state index contributed by atoms with van der Waals surface area (Å²) >= 11 is 8.41. The lowest BCUT2D eigenvalue weighted by Crippen LogP contribution is -2.27. The highest BCUT2D eigenvalue weighted by atomic mass is 79.9. The topological polar surface area (TPSA) is 20.2 Å². The SMILES string of the molecule is CC(O)(CCl)CBr. The van der Waals surface area contributed by atoms with Crippen molar-refractivity contribution in [3.8, 4) is 0 Å². The zero-order valence-corrected chi connectivity index (χ0v) is 6.46. The molecule has 0 aromatic heterocycles. The Morgan fingerprint density at radius 2 is 2.29 bits per heavy atom. The van der Waals surface area contributed by atoms with E-state index in [1.165, 1.54) is 0 Å². The quantitative estimate of drug-likeness (QED) is 0.648. The van der Waals surface area contributed by atoms with E-state index in [0.717, 1.165) is 0 Å². The molecule has 1 nitrogen and oxygen atoms in total. The highest BCUT2D eigenvalue weighted by molar-refractivity contribution is 9.09. The number of rotatable bonds is 2. The minimum Gasteiger partial charge on any atom is -0.388 e. The van der Waals surface area contributed by atoms with E-state index in [-0.39, 0.29) is 5.88 Å². The van der Waals surface area contributed by atoms with Crippen molar-refractivity contribution >= 4 is 27.5 Å². The molecule has 1 N–H and O–H groups in total. The molecule has 0 aromatic carbocycles. The van der Waals surface area contributed by atoms with Crippen LogP contribution in [0.15, 0.2) is 0 Å². The highest BCUT2D eigenvalue weighted by Gasteiger charge is 2.15. The summed E-state index contributed by atoms with van der Waals surface area (Å²) in [6.07, 6.45) is 0. The molecular weight excluding hydrogens is 179 g/mol. The van der Waals surface area contributed by atoms with Crippen LogP contribution in [0, 0.1) is 0 Å². The zero-order valence-electron chi connectivity index (χ0n) is 4.12. The van der Waals surface area contributed by atoms with Gasteiger partial charge in [0.1, 0.15) is 0 Å². The summed E-state index contributed by atoms with van der Waals surface area (Å²) < 4.78 is 0. The molecule has 1 unspecified atom stereocenters.